The van der Waals surface area contributed by atoms with Crippen molar-refractivity contribution in [3.8, 4) is 0 Å². The van der Waals surface area contributed by atoms with E-state index in [2.05, 4.69) is 21.5 Å². The van der Waals surface area contributed by atoms with Gasteiger partial charge < -0.3 is 5.32 Å². The van der Waals surface area contributed by atoms with Gasteiger partial charge in [-0.2, -0.15) is 10.1 Å². The molecule has 2 heterocycles. The van der Waals surface area contributed by atoms with Gasteiger partial charge in [-0.3, -0.25) is 0 Å². The average Bonchev–Trinajstić information content (AvgIpc) is 3.03. The molecule has 23 heavy (non-hydrogen) atoms. The molecule has 1 atom stereocenters. The molecule has 4 rings (SSSR count). The van der Waals surface area contributed by atoms with Crippen molar-refractivity contribution >= 4 is 34.8 Å². The van der Waals surface area contributed by atoms with Gasteiger partial charge in [0, 0.05) is 15.7 Å². The number of anilines is 1. The molecule has 0 bridgehead atoms. The average molecular weight is 343 g/mol. The van der Waals surface area contributed by atoms with Crippen LogP contribution in [0.2, 0.25) is 10.0 Å². The Kier molecular flexibility index (Phi) is 3.56. The molecule has 0 radical (unpaired) electrons. The highest BCUT2D eigenvalue weighted by Gasteiger charge is 2.24. The molecule has 0 fully saturated rings. The maximum absolute atomic E-state index is 6.39. The second kappa shape index (κ2) is 5.72. The first-order chi connectivity index (χ1) is 11.2. The second-order valence-electron chi connectivity index (χ2n) is 5.21. The molecule has 1 aliphatic heterocycles. The van der Waals surface area contributed by atoms with Crippen LogP contribution in [0.5, 0.6) is 0 Å². The van der Waals surface area contributed by atoms with Gasteiger partial charge in [-0.15, -0.1) is 0 Å². The number of hydrogen-bond donors (Lipinski definition) is 1. The Bertz CT molecular complexity index is 887. The molecular weight excluding hydrogens is 331 g/mol. The second-order valence-corrected chi connectivity index (χ2v) is 6.05. The van der Waals surface area contributed by atoms with Gasteiger partial charge in [-0.1, -0.05) is 59.6 Å². The molecule has 0 spiro atoms. The molecule has 1 aromatic heterocycles. The molecule has 114 valence electrons. The third-order valence-corrected chi connectivity index (χ3v) is 4.34. The standard InChI is InChI=1S/C17H12Cl2N4/c18-12-6-7-13(14(19)8-12)16-9-15(11-4-2-1-3-5-11)22-17-20-10-21-23(16)17/h1-10,16H,(H,20,21,22). The number of halogens is 2. The van der Waals surface area contributed by atoms with E-state index in [1.807, 2.05) is 47.1 Å². The number of allylic oxidation sites excluding steroid dienone is 1. The van der Waals surface area contributed by atoms with E-state index < -0.39 is 0 Å². The van der Waals surface area contributed by atoms with Crippen LogP contribution in [-0.4, -0.2) is 14.8 Å². The van der Waals surface area contributed by atoms with Crippen LogP contribution in [-0.2, 0) is 0 Å². The zero-order valence-electron chi connectivity index (χ0n) is 11.9. The van der Waals surface area contributed by atoms with E-state index in [-0.39, 0.29) is 6.04 Å². The lowest BCUT2D eigenvalue weighted by molar-refractivity contribution is 0.612. The summed E-state index contributed by atoms with van der Waals surface area (Å²) in [5, 5.41) is 8.83. The molecular formula is C17H12Cl2N4. The van der Waals surface area contributed by atoms with Crippen molar-refractivity contribution in [3.63, 3.8) is 0 Å². The van der Waals surface area contributed by atoms with Gasteiger partial charge in [0.1, 0.15) is 12.4 Å². The van der Waals surface area contributed by atoms with Gasteiger partial charge >= 0.3 is 0 Å². The fraction of sp³-hybridized carbons (Fsp3) is 0.0588. The summed E-state index contributed by atoms with van der Waals surface area (Å²) in [5.74, 6) is 0.683. The van der Waals surface area contributed by atoms with Crippen LogP contribution in [0.15, 0.2) is 60.9 Å². The fourth-order valence-electron chi connectivity index (χ4n) is 2.68. The first-order valence-corrected chi connectivity index (χ1v) is 7.87. The Balaban J connectivity index is 1.85. The molecule has 2 aromatic carbocycles. The minimum atomic E-state index is -0.145. The first kappa shape index (κ1) is 14.3. The summed E-state index contributed by atoms with van der Waals surface area (Å²) in [7, 11) is 0. The number of aromatic nitrogens is 3. The van der Waals surface area contributed by atoms with Crippen LogP contribution in [0.25, 0.3) is 5.70 Å². The Morgan fingerprint density at radius 1 is 1.04 bits per heavy atom. The largest absolute Gasteiger partial charge is 0.324 e. The van der Waals surface area contributed by atoms with E-state index >= 15 is 0 Å². The molecule has 1 N–H and O–H groups in total. The summed E-state index contributed by atoms with van der Waals surface area (Å²) in [5.41, 5.74) is 2.98. The van der Waals surface area contributed by atoms with Gasteiger partial charge in [-0.05, 0) is 29.3 Å². The highest BCUT2D eigenvalue weighted by atomic mass is 35.5. The quantitative estimate of drug-likeness (QED) is 0.737. The van der Waals surface area contributed by atoms with Crippen LogP contribution in [0, 0.1) is 0 Å². The zero-order valence-corrected chi connectivity index (χ0v) is 13.5. The third kappa shape index (κ3) is 2.60. The summed E-state index contributed by atoms with van der Waals surface area (Å²) >= 11 is 12.4. The molecule has 0 aliphatic carbocycles. The minimum Gasteiger partial charge on any atom is -0.324 e. The smallest absolute Gasteiger partial charge is 0.226 e. The van der Waals surface area contributed by atoms with E-state index in [1.165, 1.54) is 6.33 Å². The Morgan fingerprint density at radius 3 is 2.65 bits per heavy atom. The van der Waals surface area contributed by atoms with Gasteiger partial charge in [0.25, 0.3) is 0 Å². The molecule has 6 heteroatoms. The Labute approximate surface area is 143 Å². The molecule has 3 aromatic rings. The van der Waals surface area contributed by atoms with Crippen LogP contribution < -0.4 is 5.32 Å². The molecule has 1 aliphatic rings. The summed E-state index contributed by atoms with van der Waals surface area (Å²) in [6.45, 7) is 0. The predicted molar refractivity (Wildman–Crippen MR) is 92.7 cm³/mol. The number of hydrogen-bond acceptors (Lipinski definition) is 3. The molecule has 4 nitrogen and oxygen atoms in total. The summed E-state index contributed by atoms with van der Waals surface area (Å²) in [6.07, 6.45) is 3.62. The normalized spacial score (nSPS) is 16.4. The van der Waals surface area contributed by atoms with E-state index in [0.717, 1.165) is 16.8 Å². The highest BCUT2D eigenvalue weighted by molar-refractivity contribution is 6.35. The van der Waals surface area contributed by atoms with Gasteiger partial charge in [0.2, 0.25) is 5.95 Å². The Hall–Kier alpha value is -2.30. The fourth-order valence-corrected chi connectivity index (χ4v) is 3.20. The number of nitrogens with one attached hydrogen (secondary N) is 1. The first-order valence-electron chi connectivity index (χ1n) is 7.11. The summed E-state index contributed by atoms with van der Waals surface area (Å²) < 4.78 is 1.81. The SMILES string of the molecule is Clc1ccc(C2C=C(c3ccccc3)Nc3ncnn32)c(Cl)c1. The maximum atomic E-state index is 6.39. The van der Waals surface area contributed by atoms with Crippen molar-refractivity contribution in [3.05, 3.63) is 82.1 Å². The minimum absolute atomic E-state index is 0.145. The van der Waals surface area contributed by atoms with Crippen molar-refractivity contribution in [2.24, 2.45) is 0 Å². The van der Waals surface area contributed by atoms with Crippen molar-refractivity contribution in [2.45, 2.75) is 6.04 Å². The molecule has 0 amide bonds. The van der Waals surface area contributed by atoms with Crippen LogP contribution in [0.3, 0.4) is 0 Å². The lowest BCUT2D eigenvalue weighted by Gasteiger charge is -2.25. The van der Waals surface area contributed by atoms with E-state index in [4.69, 9.17) is 23.2 Å². The van der Waals surface area contributed by atoms with Gasteiger partial charge in [0.15, 0.2) is 0 Å². The van der Waals surface area contributed by atoms with Crippen LogP contribution >= 0.6 is 23.2 Å². The van der Waals surface area contributed by atoms with E-state index in [9.17, 15) is 0 Å². The number of fused-ring (bicyclic) bond motifs is 1. The van der Waals surface area contributed by atoms with Gasteiger partial charge in [0.05, 0.1) is 0 Å². The van der Waals surface area contributed by atoms with Crippen molar-refractivity contribution in [1.29, 1.82) is 0 Å². The zero-order chi connectivity index (χ0) is 15.8. The van der Waals surface area contributed by atoms with Crippen LogP contribution in [0.1, 0.15) is 17.2 Å². The van der Waals surface area contributed by atoms with E-state index in [0.29, 0.717) is 16.0 Å². The molecule has 0 saturated heterocycles. The maximum Gasteiger partial charge on any atom is 0.226 e. The Morgan fingerprint density at radius 2 is 1.87 bits per heavy atom. The number of nitrogens with zero attached hydrogens (tertiary/aromatic N) is 3. The number of rotatable bonds is 2. The molecule has 1 unspecified atom stereocenters. The number of benzene rings is 2. The lowest BCUT2D eigenvalue weighted by Crippen LogP contribution is -2.20. The molecule has 0 saturated carbocycles. The highest BCUT2D eigenvalue weighted by Crippen LogP contribution is 2.35. The third-order valence-electron chi connectivity index (χ3n) is 3.77. The predicted octanol–water partition coefficient (Wildman–Crippen LogP) is 4.64. The summed E-state index contributed by atoms with van der Waals surface area (Å²) in [4.78, 5) is 4.29. The van der Waals surface area contributed by atoms with Crippen LogP contribution in [0.4, 0.5) is 5.95 Å². The summed E-state index contributed by atoms with van der Waals surface area (Å²) in [6, 6.07) is 15.4. The lowest BCUT2D eigenvalue weighted by atomic mass is 10.0. The van der Waals surface area contributed by atoms with Crippen molar-refractivity contribution < 1.29 is 0 Å². The van der Waals surface area contributed by atoms with Crippen molar-refractivity contribution in [2.75, 3.05) is 5.32 Å². The van der Waals surface area contributed by atoms with E-state index in [1.54, 1.807) is 6.07 Å². The van der Waals surface area contributed by atoms with Crippen molar-refractivity contribution in [1.82, 2.24) is 14.8 Å². The monoisotopic (exact) mass is 342 g/mol. The topological polar surface area (TPSA) is 42.7 Å². The van der Waals surface area contributed by atoms with Gasteiger partial charge in [-0.25, -0.2) is 4.68 Å².